The highest BCUT2D eigenvalue weighted by molar-refractivity contribution is 5.82. The average Bonchev–Trinajstić information content (AvgIpc) is 3.13. The van der Waals surface area contributed by atoms with E-state index < -0.39 is 6.98 Å². The van der Waals surface area contributed by atoms with Crippen molar-refractivity contribution in [2.75, 3.05) is 0 Å². The minimum atomic E-state index is -2.26. The van der Waals surface area contributed by atoms with Crippen molar-refractivity contribution >= 4 is 16.8 Å². The van der Waals surface area contributed by atoms with Crippen molar-refractivity contribution in [2.24, 2.45) is 6.98 Å². The molecule has 20 heavy (non-hydrogen) atoms. The summed E-state index contributed by atoms with van der Waals surface area (Å²) in [4.78, 5) is 4.34. The van der Waals surface area contributed by atoms with E-state index in [0.717, 1.165) is 28.1 Å². The van der Waals surface area contributed by atoms with Gasteiger partial charge in [0.25, 0.3) is 5.65 Å². The molecule has 0 fully saturated rings. The number of imidazole rings is 1. The van der Waals surface area contributed by atoms with Gasteiger partial charge in [-0.1, -0.05) is 18.2 Å². The molecule has 0 N–H and O–H groups in total. The second-order valence-corrected chi connectivity index (χ2v) is 5.10. The largest absolute Gasteiger partial charge is 0.274 e. The van der Waals surface area contributed by atoms with E-state index in [1.165, 1.54) is 4.57 Å². The fraction of sp³-hybridized carbons (Fsp3) is 0.125. The monoisotopic (exact) mass is 264 g/mol. The second kappa shape index (κ2) is 3.28. The number of fused-ring (bicyclic) bond motifs is 7. The molecule has 1 aliphatic heterocycles. The maximum absolute atomic E-state index is 8.04. The van der Waals surface area contributed by atoms with Crippen LogP contribution < -0.4 is 4.57 Å². The van der Waals surface area contributed by atoms with Crippen molar-refractivity contribution < 1.29 is 8.68 Å². The first-order valence-electron chi connectivity index (χ1n) is 8.05. The molecular weight excluding hydrogens is 248 g/mol. The van der Waals surface area contributed by atoms with Crippen LogP contribution in [-0.4, -0.2) is 14.0 Å². The Kier molecular flexibility index (Phi) is 1.29. The van der Waals surface area contributed by atoms with Gasteiger partial charge in [-0.05, 0) is 17.7 Å². The van der Waals surface area contributed by atoms with Gasteiger partial charge in [-0.25, -0.2) is 18.5 Å². The molecule has 4 nitrogen and oxygen atoms in total. The quantitative estimate of drug-likeness (QED) is 0.394. The number of hydrogen-bond donors (Lipinski definition) is 0. The van der Waals surface area contributed by atoms with E-state index >= 15 is 0 Å². The summed E-state index contributed by atoms with van der Waals surface area (Å²) in [5, 5.41) is 0. The normalized spacial score (nSPS) is 15.9. The number of aryl methyl sites for hydroxylation is 1. The highest BCUT2D eigenvalue weighted by Gasteiger charge is 2.32. The summed E-state index contributed by atoms with van der Waals surface area (Å²) in [5.74, 6) is 0.740. The van der Waals surface area contributed by atoms with Crippen LogP contribution in [0.15, 0.2) is 48.8 Å². The molecule has 4 heterocycles. The Hall–Kier alpha value is -2.62. The summed E-state index contributed by atoms with van der Waals surface area (Å²) in [6, 6.07) is 11.7. The van der Waals surface area contributed by atoms with Crippen LogP contribution in [0.5, 0.6) is 0 Å². The van der Waals surface area contributed by atoms with Gasteiger partial charge in [0.1, 0.15) is 0 Å². The fourth-order valence-corrected chi connectivity index (χ4v) is 3.21. The van der Waals surface area contributed by atoms with Gasteiger partial charge in [-0.2, -0.15) is 0 Å². The van der Waals surface area contributed by atoms with Crippen molar-refractivity contribution in [2.45, 2.75) is 6.54 Å². The summed E-state index contributed by atoms with van der Waals surface area (Å²) in [6.45, 7) is -1.58. The predicted molar refractivity (Wildman–Crippen MR) is 76.4 cm³/mol. The first-order valence-corrected chi connectivity index (χ1v) is 6.55. The molecule has 0 saturated heterocycles. The van der Waals surface area contributed by atoms with E-state index in [4.69, 9.17) is 4.11 Å². The lowest BCUT2D eigenvalue weighted by atomic mass is 10.1. The summed E-state index contributed by atoms with van der Waals surface area (Å²) >= 11 is 0. The molecule has 0 unspecified atom stereocenters. The lowest BCUT2D eigenvalue weighted by molar-refractivity contribution is -0.636. The van der Waals surface area contributed by atoms with Crippen molar-refractivity contribution in [3.8, 4) is 11.4 Å². The first-order chi connectivity index (χ1) is 11.1. The molecule has 0 atom stereocenters. The van der Waals surface area contributed by atoms with Gasteiger partial charge >= 0.3 is 0 Å². The predicted octanol–water partition coefficient (Wildman–Crippen LogP) is 2.14. The Morgan fingerprint density at radius 3 is 3.20 bits per heavy atom. The Morgan fingerprint density at radius 2 is 2.25 bits per heavy atom. The van der Waals surface area contributed by atoms with Gasteiger partial charge in [0.05, 0.1) is 29.4 Å². The molecule has 0 aliphatic carbocycles. The zero-order chi connectivity index (χ0) is 15.8. The molecular formula is C16H13N4+. The second-order valence-electron chi connectivity index (χ2n) is 5.10. The topological polar surface area (TPSA) is 26.1 Å². The molecule has 3 aromatic heterocycles. The van der Waals surface area contributed by atoms with Gasteiger partial charge in [0.2, 0.25) is 5.82 Å². The van der Waals surface area contributed by atoms with E-state index in [9.17, 15) is 0 Å². The van der Waals surface area contributed by atoms with Crippen LogP contribution in [0.4, 0.5) is 0 Å². The standard InChI is InChI=1S/C16H13N4/c1-18-15-12-6-3-2-5-11(12)10-20(15)13-9-14-17-7-4-8-19(14)16(13)18/h2-9H,10H2,1H3/q+1/i1D3. The highest BCUT2D eigenvalue weighted by atomic mass is 15.2. The third-order valence-electron chi connectivity index (χ3n) is 4.05. The molecule has 0 spiro atoms. The molecule has 0 amide bonds. The summed E-state index contributed by atoms with van der Waals surface area (Å²) in [5.41, 5.74) is 4.44. The Balaban J connectivity index is 2.01. The molecule has 4 heteroatoms. The van der Waals surface area contributed by atoms with E-state index in [2.05, 4.69) is 9.55 Å². The average molecular weight is 264 g/mol. The van der Waals surface area contributed by atoms with Crippen molar-refractivity contribution in [1.82, 2.24) is 14.0 Å². The minimum Gasteiger partial charge on any atom is -0.249 e. The van der Waals surface area contributed by atoms with Gasteiger partial charge in [-0.15, -0.1) is 0 Å². The molecule has 5 rings (SSSR count). The van der Waals surface area contributed by atoms with Gasteiger partial charge in [-0.3, -0.25) is 0 Å². The third-order valence-corrected chi connectivity index (χ3v) is 4.05. The van der Waals surface area contributed by atoms with Crippen molar-refractivity contribution in [1.29, 1.82) is 0 Å². The summed E-state index contributed by atoms with van der Waals surface area (Å²) in [7, 11) is 0. The SMILES string of the molecule is [2H]C([2H])([2H])[n+]1c2n(c3cc4ncccn4c31)Cc1ccccc1-2. The number of hydrogen-bond acceptors (Lipinski definition) is 1. The van der Waals surface area contributed by atoms with Crippen LogP contribution in [0.25, 0.3) is 28.2 Å². The van der Waals surface area contributed by atoms with Gasteiger partial charge in [0, 0.05) is 12.3 Å². The van der Waals surface area contributed by atoms with Crippen LogP contribution >= 0.6 is 0 Å². The van der Waals surface area contributed by atoms with Crippen LogP contribution in [-0.2, 0) is 13.5 Å². The maximum atomic E-state index is 8.04. The molecule has 0 radical (unpaired) electrons. The van der Waals surface area contributed by atoms with Crippen LogP contribution in [0.1, 0.15) is 9.68 Å². The van der Waals surface area contributed by atoms with E-state index in [1.807, 2.05) is 47.0 Å². The Bertz CT molecular complexity index is 1090. The van der Waals surface area contributed by atoms with Gasteiger partial charge in [0.15, 0.2) is 11.2 Å². The minimum absolute atomic E-state index is 0.664. The Labute approximate surface area is 119 Å². The number of nitrogens with zero attached hydrogens (tertiary/aromatic N) is 4. The van der Waals surface area contributed by atoms with E-state index in [-0.39, 0.29) is 0 Å². The van der Waals surface area contributed by atoms with Crippen LogP contribution in [0.3, 0.4) is 0 Å². The van der Waals surface area contributed by atoms with E-state index in [1.54, 1.807) is 6.20 Å². The summed E-state index contributed by atoms with van der Waals surface area (Å²) in [6.07, 6.45) is 3.57. The lowest BCUT2D eigenvalue weighted by Gasteiger charge is -1.97. The van der Waals surface area contributed by atoms with Crippen molar-refractivity contribution in [3.63, 3.8) is 0 Å². The third kappa shape index (κ3) is 1.04. The number of benzene rings is 1. The fourth-order valence-electron chi connectivity index (χ4n) is 3.21. The molecule has 0 bridgehead atoms. The smallest absolute Gasteiger partial charge is 0.249 e. The maximum Gasteiger partial charge on any atom is 0.274 e. The molecule has 0 saturated carbocycles. The Morgan fingerprint density at radius 1 is 1.30 bits per heavy atom. The number of rotatable bonds is 0. The molecule has 96 valence electrons. The molecule has 4 aromatic rings. The van der Waals surface area contributed by atoms with Gasteiger partial charge < -0.3 is 0 Å². The zero-order valence-electron chi connectivity index (χ0n) is 13.6. The van der Waals surface area contributed by atoms with E-state index in [0.29, 0.717) is 12.2 Å². The molecule has 1 aliphatic rings. The molecule has 1 aromatic carbocycles. The lowest BCUT2D eigenvalue weighted by Crippen LogP contribution is -2.30. The van der Waals surface area contributed by atoms with Crippen LogP contribution in [0, 0.1) is 0 Å². The van der Waals surface area contributed by atoms with Crippen molar-refractivity contribution in [3.05, 3.63) is 54.4 Å². The first kappa shape index (κ1) is 7.85. The van der Waals surface area contributed by atoms with Crippen LogP contribution in [0.2, 0.25) is 0 Å². The highest BCUT2D eigenvalue weighted by Crippen LogP contribution is 2.33. The summed E-state index contributed by atoms with van der Waals surface area (Å²) < 4.78 is 29.5. The zero-order valence-corrected chi connectivity index (χ0v) is 10.6. The number of aromatic nitrogens is 4.